The molecule has 0 N–H and O–H groups in total. The van der Waals surface area contributed by atoms with E-state index in [1.807, 2.05) is 30.3 Å². The van der Waals surface area contributed by atoms with Crippen molar-refractivity contribution >= 4 is 17.7 Å². The quantitative estimate of drug-likeness (QED) is 0.692. The molecule has 0 saturated carbocycles. The van der Waals surface area contributed by atoms with Gasteiger partial charge in [-0.25, -0.2) is 0 Å². The fourth-order valence-electron chi connectivity index (χ4n) is 1.94. The summed E-state index contributed by atoms with van der Waals surface area (Å²) in [4.78, 5) is 0. The zero-order valence-electron chi connectivity index (χ0n) is 11.9. The van der Waals surface area contributed by atoms with Crippen LogP contribution in [-0.2, 0) is 5.88 Å². The van der Waals surface area contributed by atoms with Crippen molar-refractivity contribution in [3.05, 3.63) is 70.8 Å². The van der Waals surface area contributed by atoms with Gasteiger partial charge in [0.1, 0.15) is 12.4 Å². The van der Waals surface area contributed by atoms with Gasteiger partial charge in [-0.05, 0) is 48.7 Å². The van der Waals surface area contributed by atoms with E-state index < -0.39 is 0 Å². The van der Waals surface area contributed by atoms with Crippen molar-refractivity contribution in [2.75, 3.05) is 6.61 Å². The third-order valence-electron chi connectivity index (χ3n) is 3.19. The van der Waals surface area contributed by atoms with Crippen LogP contribution in [0.25, 0.3) is 6.08 Å². The Morgan fingerprint density at radius 2 is 1.80 bits per heavy atom. The molecule has 0 bridgehead atoms. The van der Waals surface area contributed by atoms with Crippen LogP contribution in [-0.4, -0.2) is 6.61 Å². The Balaban J connectivity index is 1.90. The minimum Gasteiger partial charge on any atom is -0.490 e. The van der Waals surface area contributed by atoms with Gasteiger partial charge in [0, 0.05) is 5.88 Å². The predicted octanol–water partition coefficient (Wildman–Crippen LogP) is 5.13. The lowest BCUT2D eigenvalue weighted by molar-refractivity contribution is 0.363. The molecule has 2 aromatic carbocycles. The zero-order chi connectivity index (χ0) is 14.4. The number of ether oxygens (including phenoxy) is 1. The summed E-state index contributed by atoms with van der Waals surface area (Å²) in [5.74, 6) is 1.46. The van der Waals surface area contributed by atoms with Gasteiger partial charge in [0.2, 0.25) is 0 Å². The standard InChI is InChI=1S/C18H19ClO/c1-14-5-9-18(10-6-14)20-11-3-4-16-7-8-17(13-19)15(2)12-16/h3-10,12H,11,13H2,1-2H3. The molecule has 1 nitrogen and oxygen atoms in total. The Labute approximate surface area is 125 Å². The fourth-order valence-corrected chi connectivity index (χ4v) is 2.24. The monoisotopic (exact) mass is 286 g/mol. The van der Waals surface area contributed by atoms with Crippen LogP contribution in [0.1, 0.15) is 22.3 Å². The summed E-state index contributed by atoms with van der Waals surface area (Å²) in [6.07, 6.45) is 4.09. The maximum absolute atomic E-state index is 5.85. The molecule has 0 atom stereocenters. The van der Waals surface area contributed by atoms with Crippen LogP contribution in [0.15, 0.2) is 48.5 Å². The van der Waals surface area contributed by atoms with Crippen LogP contribution in [0.2, 0.25) is 0 Å². The molecule has 0 fully saturated rings. The van der Waals surface area contributed by atoms with Crippen molar-refractivity contribution in [2.45, 2.75) is 19.7 Å². The number of hydrogen-bond donors (Lipinski definition) is 0. The number of halogens is 1. The van der Waals surface area contributed by atoms with E-state index in [1.165, 1.54) is 22.3 Å². The first-order valence-electron chi connectivity index (χ1n) is 6.70. The number of hydrogen-bond acceptors (Lipinski definition) is 1. The molecule has 2 rings (SSSR count). The first-order chi connectivity index (χ1) is 9.69. The van der Waals surface area contributed by atoms with Gasteiger partial charge in [-0.1, -0.05) is 42.0 Å². The van der Waals surface area contributed by atoms with Crippen molar-refractivity contribution in [1.29, 1.82) is 0 Å². The average Bonchev–Trinajstić information content (AvgIpc) is 2.46. The Kier molecular flexibility index (Phi) is 5.25. The largest absolute Gasteiger partial charge is 0.490 e. The number of rotatable bonds is 5. The fraction of sp³-hybridized carbons (Fsp3) is 0.222. The van der Waals surface area contributed by atoms with E-state index in [9.17, 15) is 0 Å². The summed E-state index contributed by atoms with van der Waals surface area (Å²) in [6.45, 7) is 4.72. The maximum atomic E-state index is 5.85. The van der Waals surface area contributed by atoms with Gasteiger partial charge < -0.3 is 4.74 Å². The van der Waals surface area contributed by atoms with Gasteiger partial charge in [0.05, 0.1) is 0 Å². The Morgan fingerprint density at radius 1 is 1.05 bits per heavy atom. The highest BCUT2D eigenvalue weighted by molar-refractivity contribution is 6.17. The molecular formula is C18H19ClO. The molecule has 0 aliphatic rings. The van der Waals surface area contributed by atoms with E-state index in [1.54, 1.807) is 0 Å². The topological polar surface area (TPSA) is 9.23 Å². The molecule has 0 spiro atoms. The van der Waals surface area contributed by atoms with Crippen LogP contribution >= 0.6 is 11.6 Å². The first kappa shape index (κ1) is 14.7. The van der Waals surface area contributed by atoms with Gasteiger partial charge in [-0.15, -0.1) is 11.6 Å². The average molecular weight is 287 g/mol. The molecule has 20 heavy (non-hydrogen) atoms. The lowest BCUT2D eigenvalue weighted by Gasteiger charge is -2.04. The van der Waals surface area contributed by atoms with Crippen molar-refractivity contribution in [1.82, 2.24) is 0 Å². The second-order valence-electron chi connectivity index (χ2n) is 4.85. The molecule has 0 saturated heterocycles. The van der Waals surface area contributed by atoms with E-state index in [-0.39, 0.29) is 0 Å². The van der Waals surface area contributed by atoms with Crippen LogP contribution < -0.4 is 4.74 Å². The number of alkyl halides is 1. The van der Waals surface area contributed by atoms with Gasteiger partial charge in [-0.2, -0.15) is 0 Å². The summed E-state index contributed by atoms with van der Waals surface area (Å²) < 4.78 is 5.65. The smallest absolute Gasteiger partial charge is 0.119 e. The van der Waals surface area contributed by atoms with Crippen molar-refractivity contribution < 1.29 is 4.74 Å². The first-order valence-corrected chi connectivity index (χ1v) is 7.24. The Morgan fingerprint density at radius 3 is 2.45 bits per heavy atom. The Bertz CT molecular complexity index is 585. The second kappa shape index (κ2) is 7.16. The normalized spacial score (nSPS) is 10.9. The minimum atomic E-state index is 0.562. The summed E-state index contributed by atoms with van der Waals surface area (Å²) >= 11 is 5.85. The summed E-state index contributed by atoms with van der Waals surface area (Å²) in [7, 11) is 0. The van der Waals surface area contributed by atoms with Gasteiger partial charge in [0.25, 0.3) is 0 Å². The van der Waals surface area contributed by atoms with E-state index in [4.69, 9.17) is 16.3 Å². The SMILES string of the molecule is Cc1ccc(OCC=Cc2ccc(CCl)c(C)c2)cc1. The third kappa shape index (κ3) is 4.14. The van der Waals surface area contributed by atoms with Crippen LogP contribution in [0, 0.1) is 13.8 Å². The molecule has 0 heterocycles. The van der Waals surface area contributed by atoms with Gasteiger partial charge >= 0.3 is 0 Å². The molecular weight excluding hydrogens is 268 g/mol. The van der Waals surface area contributed by atoms with E-state index in [2.05, 4.69) is 38.1 Å². The second-order valence-corrected chi connectivity index (χ2v) is 5.11. The highest BCUT2D eigenvalue weighted by atomic mass is 35.5. The molecule has 104 valence electrons. The Hall–Kier alpha value is -1.73. The lowest BCUT2D eigenvalue weighted by atomic mass is 10.1. The van der Waals surface area contributed by atoms with Crippen LogP contribution in [0.3, 0.4) is 0 Å². The van der Waals surface area contributed by atoms with Gasteiger partial charge in [0.15, 0.2) is 0 Å². The summed E-state index contributed by atoms with van der Waals surface area (Å²) in [6, 6.07) is 14.4. The third-order valence-corrected chi connectivity index (χ3v) is 3.48. The van der Waals surface area contributed by atoms with Crippen LogP contribution in [0.5, 0.6) is 5.75 Å². The van der Waals surface area contributed by atoms with Crippen molar-refractivity contribution in [2.24, 2.45) is 0 Å². The van der Waals surface area contributed by atoms with E-state index in [0.717, 1.165) is 5.75 Å². The molecule has 0 radical (unpaired) electrons. The van der Waals surface area contributed by atoms with Crippen LogP contribution in [0.4, 0.5) is 0 Å². The minimum absolute atomic E-state index is 0.562. The highest BCUT2D eigenvalue weighted by Crippen LogP contribution is 2.15. The van der Waals surface area contributed by atoms with Gasteiger partial charge in [-0.3, -0.25) is 0 Å². The molecule has 2 heteroatoms. The summed E-state index contributed by atoms with van der Waals surface area (Å²) in [5, 5.41) is 0. The zero-order valence-corrected chi connectivity index (χ0v) is 12.7. The molecule has 0 aliphatic heterocycles. The highest BCUT2D eigenvalue weighted by Gasteiger charge is 1.96. The molecule has 0 aromatic heterocycles. The molecule has 2 aromatic rings. The van der Waals surface area contributed by atoms with Crippen molar-refractivity contribution in [3.63, 3.8) is 0 Å². The van der Waals surface area contributed by atoms with E-state index >= 15 is 0 Å². The molecule has 0 unspecified atom stereocenters. The van der Waals surface area contributed by atoms with E-state index in [0.29, 0.717) is 12.5 Å². The lowest BCUT2D eigenvalue weighted by Crippen LogP contribution is -1.93. The molecule has 0 amide bonds. The maximum Gasteiger partial charge on any atom is 0.119 e. The number of benzene rings is 2. The summed E-state index contributed by atoms with van der Waals surface area (Å²) in [5.41, 5.74) is 4.81. The number of aryl methyl sites for hydroxylation is 2. The molecule has 0 aliphatic carbocycles. The van der Waals surface area contributed by atoms with Crippen molar-refractivity contribution in [3.8, 4) is 5.75 Å². The predicted molar refractivity (Wildman–Crippen MR) is 86.4 cm³/mol.